The molecule has 150 valence electrons. The van der Waals surface area contributed by atoms with Crippen molar-refractivity contribution in [1.29, 1.82) is 0 Å². The Hall–Kier alpha value is -2.00. The van der Waals surface area contributed by atoms with E-state index in [0.717, 1.165) is 12.8 Å². The van der Waals surface area contributed by atoms with E-state index in [1.54, 1.807) is 6.92 Å². The van der Waals surface area contributed by atoms with Gasteiger partial charge < -0.3 is 19.7 Å². The maximum atomic E-state index is 12.8. The van der Waals surface area contributed by atoms with Crippen LogP contribution < -0.4 is 5.32 Å². The number of ether oxygens (including phenoxy) is 2. The maximum absolute atomic E-state index is 12.8. The summed E-state index contributed by atoms with van der Waals surface area (Å²) in [5, 5.41) is 13.3. The number of hydrogen-bond acceptors (Lipinski definition) is 6. The van der Waals surface area contributed by atoms with Crippen molar-refractivity contribution in [3.8, 4) is 0 Å². The summed E-state index contributed by atoms with van der Waals surface area (Å²) in [6, 6.07) is -0.131. The number of morpholine rings is 1. The fourth-order valence-electron chi connectivity index (χ4n) is 3.75. The van der Waals surface area contributed by atoms with Gasteiger partial charge in [0.2, 0.25) is 5.91 Å². The number of aryl methyl sites for hydroxylation is 1. The van der Waals surface area contributed by atoms with Crippen LogP contribution in [-0.4, -0.2) is 77.2 Å². The number of aromatic amines is 1. The molecule has 2 aliphatic rings. The Morgan fingerprint density at radius 2 is 2.07 bits per heavy atom. The van der Waals surface area contributed by atoms with Gasteiger partial charge in [0, 0.05) is 25.6 Å². The summed E-state index contributed by atoms with van der Waals surface area (Å²) < 4.78 is 11.3. The Morgan fingerprint density at radius 1 is 1.30 bits per heavy atom. The number of carbonyl (C=O) groups excluding carboxylic acids is 2. The van der Waals surface area contributed by atoms with Crippen LogP contribution in [-0.2, 0) is 14.3 Å². The smallest absolute Gasteiger partial charge is 0.274 e. The number of nitrogens with zero attached hydrogens (tertiary/aromatic N) is 3. The molecule has 2 fully saturated rings. The van der Waals surface area contributed by atoms with Crippen molar-refractivity contribution >= 4 is 11.8 Å². The molecule has 2 amide bonds. The lowest BCUT2D eigenvalue weighted by Gasteiger charge is -2.38. The normalized spacial score (nSPS) is 26.0. The van der Waals surface area contributed by atoms with Crippen LogP contribution in [0.25, 0.3) is 0 Å². The first-order valence-corrected chi connectivity index (χ1v) is 9.76. The lowest BCUT2D eigenvalue weighted by Crippen LogP contribution is -2.52. The highest BCUT2D eigenvalue weighted by molar-refractivity contribution is 5.93. The minimum Gasteiger partial charge on any atom is -0.378 e. The fraction of sp³-hybridized carbons (Fsp3) is 0.778. The summed E-state index contributed by atoms with van der Waals surface area (Å²) in [6.45, 7) is 6.90. The lowest BCUT2D eigenvalue weighted by atomic mass is 9.82. The van der Waals surface area contributed by atoms with Crippen molar-refractivity contribution in [2.24, 2.45) is 5.92 Å². The van der Waals surface area contributed by atoms with Crippen molar-refractivity contribution in [1.82, 2.24) is 25.6 Å². The predicted molar refractivity (Wildman–Crippen MR) is 97.1 cm³/mol. The van der Waals surface area contributed by atoms with Crippen LogP contribution in [0, 0.1) is 12.8 Å². The number of nitrogens with one attached hydrogen (secondary N) is 2. The monoisotopic (exact) mass is 379 g/mol. The molecule has 0 bridgehead atoms. The standard InChI is InChI=1S/C18H29N5O4/c1-3-8-27-15-11-13(18(25)23-6-9-26-10-7-23)4-5-14(15)19-17(24)16-12(2)20-22-21-16/h13-15H,3-11H2,1-2H3,(H,19,24)(H,20,21,22)/t13-,14-,15-/m0/s1. The molecule has 2 N–H and O–H groups in total. The van der Waals surface area contributed by atoms with E-state index in [1.807, 2.05) is 11.8 Å². The zero-order valence-electron chi connectivity index (χ0n) is 16.1. The van der Waals surface area contributed by atoms with E-state index in [0.29, 0.717) is 57.1 Å². The second kappa shape index (κ2) is 9.27. The van der Waals surface area contributed by atoms with Crippen molar-refractivity contribution < 1.29 is 19.1 Å². The molecule has 1 aromatic rings. The molecule has 1 aliphatic heterocycles. The second-order valence-electron chi connectivity index (χ2n) is 7.19. The Morgan fingerprint density at radius 3 is 2.74 bits per heavy atom. The van der Waals surface area contributed by atoms with E-state index in [-0.39, 0.29) is 29.9 Å². The zero-order valence-corrected chi connectivity index (χ0v) is 16.1. The number of carbonyl (C=O) groups is 2. The van der Waals surface area contributed by atoms with Crippen LogP contribution in [0.3, 0.4) is 0 Å². The predicted octanol–water partition coefficient (Wildman–Crippen LogP) is 0.666. The minimum atomic E-state index is -0.255. The Kier molecular flexibility index (Phi) is 6.78. The molecular formula is C18H29N5O4. The number of aromatic nitrogens is 3. The summed E-state index contributed by atoms with van der Waals surface area (Å²) in [4.78, 5) is 27.2. The van der Waals surface area contributed by atoms with E-state index in [2.05, 4.69) is 20.7 Å². The number of amides is 2. The summed E-state index contributed by atoms with van der Waals surface area (Å²) in [5.41, 5.74) is 0.866. The Balaban J connectivity index is 1.62. The van der Waals surface area contributed by atoms with Crippen molar-refractivity contribution in [2.45, 2.75) is 51.7 Å². The molecule has 1 aromatic heterocycles. The maximum Gasteiger partial charge on any atom is 0.274 e. The third-order valence-corrected chi connectivity index (χ3v) is 5.25. The summed E-state index contributed by atoms with van der Waals surface area (Å²) in [6.07, 6.45) is 2.79. The van der Waals surface area contributed by atoms with E-state index < -0.39 is 0 Å². The molecule has 1 aliphatic carbocycles. The largest absolute Gasteiger partial charge is 0.378 e. The zero-order chi connectivity index (χ0) is 19.2. The van der Waals surface area contributed by atoms with Gasteiger partial charge in [0.1, 0.15) is 0 Å². The van der Waals surface area contributed by atoms with Gasteiger partial charge in [0.05, 0.1) is 31.1 Å². The van der Waals surface area contributed by atoms with Crippen LogP contribution in [0.4, 0.5) is 0 Å². The summed E-state index contributed by atoms with van der Waals surface area (Å²) in [5.74, 6) is -0.137. The molecule has 0 aromatic carbocycles. The average Bonchev–Trinajstić information content (AvgIpc) is 3.13. The molecule has 1 saturated heterocycles. The van der Waals surface area contributed by atoms with Crippen LogP contribution in [0.5, 0.6) is 0 Å². The molecule has 0 spiro atoms. The van der Waals surface area contributed by atoms with E-state index in [4.69, 9.17) is 9.47 Å². The fourth-order valence-corrected chi connectivity index (χ4v) is 3.75. The van der Waals surface area contributed by atoms with Gasteiger partial charge in [-0.1, -0.05) is 6.92 Å². The second-order valence-corrected chi connectivity index (χ2v) is 7.19. The molecule has 0 unspecified atom stereocenters. The van der Waals surface area contributed by atoms with Crippen LogP contribution in [0.1, 0.15) is 48.8 Å². The molecule has 1 saturated carbocycles. The Labute approximate surface area is 159 Å². The number of rotatable bonds is 6. The molecule has 3 atom stereocenters. The van der Waals surface area contributed by atoms with Gasteiger partial charge in [-0.3, -0.25) is 9.59 Å². The van der Waals surface area contributed by atoms with E-state index >= 15 is 0 Å². The quantitative estimate of drug-likeness (QED) is 0.752. The molecule has 9 heteroatoms. The highest BCUT2D eigenvalue weighted by Gasteiger charge is 2.37. The minimum absolute atomic E-state index is 0.0631. The van der Waals surface area contributed by atoms with Gasteiger partial charge in [-0.15, -0.1) is 0 Å². The van der Waals surface area contributed by atoms with E-state index in [1.165, 1.54) is 0 Å². The molecular weight excluding hydrogens is 350 g/mol. The lowest BCUT2D eigenvalue weighted by molar-refractivity contribution is -0.143. The van der Waals surface area contributed by atoms with E-state index in [9.17, 15) is 9.59 Å². The highest BCUT2D eigenvalue weighted by Crippen LogP contribution is 2.29. The molecule has 9 nitrogen and oxygen atoms in total. The van der Waals surface area contributed by atoms with Gasteiger partial charge in [0.15, 0.2) is 5.69 Å². The van der Waals surface area contributed by atoms with Gasteiger partial charge in [0.25, 0.3) is 5.91 Å². The van der Waals surface area contributed by atoms with Crippen LogP contribution >= 0.6 is 0 Å². The SMILES string of the molecule is CCCO[C@H]1C[C@@H](C(=O)N2CCOCC2)CC[C@@H]1NC(=O)c1n[nH]nc1C. The first kappa shape index (κ1) is 19.8. The van der Waals surface area contributed by atoms with Crippen molar-refractivity contribution in [3.05, 3.63) is 11.4 Å². The highest BCUT2D eigenvalue weighted by atomic mass is 16.5. The van der Waals surface area contributed by atoms with Gasteiger partial charge in [-0.2, -0.15) is 15.4 Å². The van der Waals surface area contributed by atoms with Crippen LogP contribution in [0.15, 0.2) is 0 Å². The number of H-pyrrole nitrogens is 1. The average molecular weight is 379 g/mol. The third-order valence-electron chi connectivity index (χ3n) is 5.25. The molecule has 0 radical (unpaired) electrons. The Bertz CT molecular complexity index is 643. The molecule has 27 heavy (non-hydrogen) atoms. The van der Waals surface area contributed by atoms with Gasteiger partial charge in [-0.05, 0) is 32.6 Å². The molecule has 2 heterocycles. The molecule has 3 rings (SSSR count). The topological polar surface area (TPSA) is 109 Å². The summed E-state index contributed by atoms with van der Waals surface area (Å²) >= 11 is 0. The first-order chi connectivity index (χ1) is 13.1. The summed E-state index contributed by atoms with van der Waals surface area (Å²) in [7, 11) is 0. The van der Waals surface area contributed by atoms with Gasteiger partial charge >= 0.3 is 0 Å². The number of hydrogen-bond donors (Lipinski definition) is 2. The third kappa shape index (κ3) is 4.84. The van der Waals surface area contributed by atoms with Crippen molar-refractivity contribution in [3.63, 3.8) is 0 Å². The first-order valence-electron chi connectivity index (χ1n) is 9.76. The van der Waals surface area contributed by atoms with Crippen LogP contribution in [0.2, 0.25) is 0 Å². The van der Waals surface area contributed by atoms with Crippen molar-refractivity contribution in [2.75, 3.05) is 32.9 Å². The van der Waals surface area contributed by atoms with Gasteiger partial charge in [-0.25, -0.2) is 0 Å².